The number of rotatable bonds is 3. The summed E-state index contributed by atoms with van der Waals surface area (Å²) in [5.41, 5.74) is 0.702. The summed E-state index contributed by atoms with van der Waals surface area (Å²) in [6.07, 6.45) is -1.01. The summed E-state index contributed by atoms with van der Waals surface area (Å²) in [6, 6.07) is 6.94. The van der Waals surface area contributed by atoms with Gasteiger partial charge in [0.2, 0.25) is 0 Å². The third kappa shape index (κ3) is 3.61. The number of esters is 1. The zero-order chi connectivity index (χ0) is 12.0. The van der Waals surface area contributed by atoms with Crippen molar-refractivity contribution in [3.63, 3.8) is 0 Å². The molecule has 0 heterocycles. The van der Waals surface area contributed by atoms with E-state index in [2.05, 4.69) is 9.47 Å². The second-order valence-electron chi connectivity index (χ2n) is 2.96. The number of hydrogen-bond acceptors (Lipinski definition) is 5. The van der Waals surface area contributed by atoms with Crippen molar-refractivity contribution in [3.8, 4) is 5.75 Å². The van der Waals surface area contributed by atoms with E-state index in [0.717, 1.165) is 7.11 Å². The van der Waals surface area contributed by atoms with Crippen molar-refractivity contribution in [2.24, 2.45) is 0 Å². The van der Waals surface area contributed by atoms with Gasteiger partial charge in [-0.1, -0.05) is 12.1 Å². The molecule has 1 rings (SSSR count). The lowest BCUT2D eigenvalue weighted by Gasteiger charge is -2.03. The van der Waals surface area contributed by atoms with Gasteiger partial charge in [-0.15, -0.1) is 0 Å². The highest BCUT2D eigenvalue weighted by atomic mass is 16.7. The highest BCUT2D eigenvalue weighted by Crippen LogP contribution is 2.13. The first-order valence-electron chi connectivity index (χ1n) is 4.57. The maximum absolute atomic E-state index is 11.2. The lowest BCUT2D eigenvalue weighted by atomic mass is 10.1. The molecule has 0 aliphatic rings. The van der Waals surface area contributed by atoms with E-state index < -0.39 is 12.1 Å². The molecular formula is C11H12O5. The first-order valence-corrected chi connectivity index (χ1v) is 4.57. The van der Waals surface area contributed by atoms with Crippen LogP contribution in [-0.2, 0) is 20.7 Å². The average Bonchev–Trinajstić information content (AvgIpc) is 2.28. The van der Waals surface area contributed by atoms with Gasteiger partial charge in [0.05, 0.1) is 20.6 Å². The summed E-state index contributed by atoms with van der Waals surface area (Å²) in [4.78, 5) is 21.9. The van der Waals surface area contributed by atoms with Crippen molar-refractivity contribution in [1.82, 2.24) is 0 Å². The fourth-order valence-corrected chi connectivity index (χ4v) is 1.12. The summed E-state index contributed by atoms with van der Waals surface area (Å²) in [5.74, 6) is -0.0246. The van der Waals surface area contributed by atoms with Gasteiger partial charge in [-0.25, -0.2) is 4.79 Å². The van der Waals surface area contributed by atoms with Crippen molar-refractivity contribution >= 4 is 12.1 Å². The summed E-state index contributed by atoms with van der Waals surface area (Å²) in [5, 5.41) is 0. The molecule has 16 heavy (non-hydrogen) atoms. The predicted octanol–water partition coefficient (Wildman–Crippen LogP) is 1.55. The topological polar surface area (TPSA) is 61.8 Å². The summed E-state index contributed by atoms with van der Waals surface area (Å²) in [6.45, 7) is 0. The normalized spacial score (nSPS) is 9.38. The highest BCUT2D eigenvalue weighted by Gasteiger charge is 2.11. The van der Waals surface area contributed by atoms with E-state index in [9.17, 15) is 9.59 Å². The molecule has 5 heteroatoms. The van der Waals surface area contributed by atoms with E-state index in [1.165, 1.54) is 7.11 Å². The Balaban J connectivity index is 2.59. The van der Waals surface area contributed by atoms with E-state index in [4.69, 9.17) is 4.74 Å². The fourth-order valence-electron chi connectivity index (χ4n) is 1.12. The molecule has 5 nitrogen and oxygen atoms in total. The Morgan fingerprint density at radius 1 is 1.25 bits per heavy atom. The highest BCUT2D eigenvalue weighted by molar-refractivity contribution is 5.83. The van der Waals surface area contributed by atoms with Crippen LogP contribution in [0.4, 0.5) is 4.79 Å². The van der Waals surface area contributed by atoms with Gasteiger partial charge in [-0.3, -0.25) is 4.79 Å². The molecule has 0 amide bonds. The van der Waals surface area contributed by atoms with Gasteiger partial charge in [0.15, 0.2) is 0 Å². The SMILES string of the molecule is COC(=O)OC(=O)Cc1cccc(OC)c1. The summed E-state index contributed by atoms with van der Waals surface area (Å²) < 4.78 is 13.5. The molecule has 0 atom stereocenters. The molecular weight excluding hydrogens is 212 g/mol. The van der Waals surface area contributed by atoms with Crippen LogP contribution in [-0.4, -0.2) is 26.3 Å². The first-order chi connectivity index (χ1) is 7.65. The largest absolute Gasteiger partial charge is 0.515 e. The fraction of sp³-hybridized carbons (Fsp3) is 0.273. The molecule has 0 aromatic heterocycles. The molecule has 0 aliphatic carbocycles. The number of methoxy groups -OCH3 is 2. The van der Waals surface area contributed by atoms with Gasteiger partial charge in [0.25, 0.3) is 0 Å². The average molecular weight is 224 g/mol. The second-order valence-corrected chi connectivity index (χ2v) is 2.96. The van der Waals surface area contributed by atoms with Gasteiger partial charge in [0.1, 0.15) is 5.75 Å². The minimum atomic E-state index is -1.01. The minimum Gasteiger partial charge on any atom is -0.497 e. The van der Waals surface area contributed by atoms with Crippen LogP contribution in [0.1, 0.15) is 5.56 Å². The van der Waals surface area contributed by atoms with E-state index in [0.29, 0.717) is 11.3 Å². The number of carbonyl (C=O) groups excluding carboxylic acids is 2. The van der Waals surface area contributed by atoms with Gasteiger partial charge in [0, 0.05) is 0 Å². The van der Waals surface area contributed by atoms with Gasteiger partial charge < -0.3 is 14.2 Å². The second kappa shape index (κ2) is 5.75. The molecule has 86 valence electrons. The maximum atomic E-state index is 11.2. The third-order valence-electron chi connectivity index (χ3n) is 1.85. The zero-order valence-corrected chi connectivity index (χ0v) is 9.06. The van der Waals surface area contributed by atoms with Crippen LogP contribution in [0, 0.1) is 0 Å². The first kappa shape index (κ1) is 12.0. The van der Waals surface area contributed by atoms with Crippen LogP contribution < -0.4 is 4.74 Å². The molecule has 0 spiro atoms. The Bertz CT molecular complexity index is 386. The quantitative estimate of drug-likeness (QED) is 0.575. The van der Waals surface area contributed by atoms with E-state index in [-0.39, 0.29) is 6.42 Å². The number of ether oxygens (including phenoxy) is 3. The third-order valence-corrected chi connectivity index (χ3v) is 1.85. The molecule has 1 aromatic carbocycles. The van der Waals surface area contributed by atoms with Crippen LogP contribution in [0.15, 0.2) is 24.3 Å². The monoisotopic (exact) mass is 224 g/mol. The standard InChI is InChI=1S/C11H12O5/c1-14-9-5-3-4-8(6-9)7-10(12)16-11(13)15-2/h3-6H,7H2,1-2H3. The molecule has 0 fully saturated rings. The Kier molecular flexibility index (Phi) is 4.32. The minimum absolute atomic E-state index is 0.00764. The Labute approximate surface area is 92.9 Å². The molecule has 1 aromatic rings. The summed E-state index contributed by atoms with van der Waals surface area (Å²) in [7, 11) is 2.67. The van der Waals surface area contributed by atoms with Crippen molar-refractivity contribution in [3.05, 3.63) is 29.8 Å². The van der Waals surface area contributed by atoms with Crippen LogP contribution in [0.5, 0.6) is 5.75 Å². The molecule has 0 radical (unpaired) electrons. The van der Waals surface area contributed by atoms with Gasteiger partial charge in [-0.05, 0) is 17.7 Å². The number of benzene rings is 1. The van der Waals surface area contributed by atoms with Gasteiger partial charge >= 0.3 is 12.1 Å². The molecule has 0 unspecified atom stereocenters. The molecule has 0 aliphatic heterocycles. The van der Waals surface area contributed by atoms with Gasteiger partial charge in [-0.2, -0.15) is 0 Å². The Hall–Kier alpha value is -2.04. The number of carbonyl (C=O) groups is 2. The van der Waals surface area contributed by atoms with Crippen molar-refractivity contribution in [2.75, 3.05) is 14.2 Å². The van der Waals surface area contributed by atoms with Crippen LogP contribution in [0.3, 0.4) is 0 Å². The zero-order valence-electron chi connectivity index (χ0n) is 9.06. The van der Waals surface area contributed by atoms with E-state index >= 15 is 0 Å². The smallest absolute Gasteiger partial charge is 0.497 e. The molecule has 0 saturated heterocycles. The number of hydrogen-bond donors (Lipinski definition) is 0. The van der Waals surface area contributed by atoms with Crippen LogP contribution in [0.25, 0.3) is 0 Å². The summed E-state index contributed by atoms with van der Waals surface area (Å²) >= 11 is 0. The van der Waals surface area contributed by atoms with Crippen LogP contribution >= 0.6 is 0 Å². The lowest BCUT2D eigenvalue weighted by molar-refractivity contribution is -0.138. The van der Waals surface area contributed by atoms with Crippen molar-refractivity contribution in [1.29, 1.82) is 0 Å². The molecule has 0 bridgehead atoms. The van der Waals surface area contributed by atoms with Crippen LogP contribution in [0.2, 0.25) is 0 Å². The Morgan fingerprint density at radius 3 is 2.62 bits per heavy atom. The van der Waals surface area contributed by atoms with E-state index in [1.54, 1.807) is 24.3 Å². The lowest BCUT2D eigenvalue weighted by Crippen LogP contribution is -2.14. The predicted molar refractivity (Wildman–Crippen MR) is 55.2 cm³/mol. The van der Waals surface area contributed by atoms with Crippen molar-refractivity contribution in [2.45, 2.75) is 6.42 Å². The maximum Gasteiger partial charge on any atom is 0.515 e. The van der Waals surface area contributed by atoms with E-state index in [1.807, 2.05) is 0 Å². The Morgan fingerprint density at radius 2 is 2.00 bits per heavy atom. The molecule has 0 saturated carbocycles. The van der Waals surface area contributed by atoms with Crippen molar-refractivity contribution < 1.29 is 23.8 Å². The molecule has 0 N–H and O–H groups in total.